The standard InChI is InChI=1S/C19H24N2O4/c22-14-6-9-21-16(10-14)18(24)20(11-17(21)23)12-19(7-8-19)13-25-15-4-2-1-3-5-15/h1-5,14,16,22H,6-13H2/t14-,16+/m1/s1. The van der Waals surface area contributed by atoms with Gasteiger partial charge in [-0.1, -0.05) is 18.2 Å². The number of ether oxygens (including phenoxy) is 1. The quantitative estimate of drug-likeness (QED) is 0.866. The fourth-order valence-electron chi connectivity index (χ4n) is 3.84. The highest BCUT2D eigenvalue weighted by Crippen LogP contribution is 2.47. The summed E-state index contributed by atoms with van der Waals surface area (Å²) in [6, 6.07) is 9.17. The maximum Gasteiger partial charge on any atom is 0.245 e. The molecule has 134 valence electrons. The van der Waals surface area contributed by atoms with E-state index < -0.39 is 12.1 Å². The lowest BCUT2D eigenvalue weighted by Crippen LogP contribution is -2.63. The van der Waals surface area contributed by atoms with Gasteiger partial charge in [0.25, 0.3) is 0 Å². The number of fused-ring (bicyclic) bond motifs is 1. The van der Waals surface area contributed by atoms with Crippen molar-refractivity contribution < 1.29 is 19.4 Å². The number of aliphatic hydroxyl groups excluding tert-OH is 1. The highest BCUT2D eigenvalue weighted by molar-refractivity contribution is 5.95. The molecule has 0 aromatic heterocycles. The Hall–Kier alpha value is -2.08. The number of hydrogen-bond donors (Lipinski definition) is 1. The van der Waals surface area contributed by atoms with Crippen LogP contribution < -0.4 is 4.74 Å². The van der Waals surface area contributed by atoms with Crippen LogP contribution >= 0.6 is 0 Å². The zero-order valence-electron chi connectivity index (χ0n) is 14.3. The van der Waals surface area contributed by atoms with E-state index in [1.807, 2.05) is 30.3 Å². The highest BCUT2D eigenvalue weighted by Gasteiger charge is 2.49. The Bertz CT molecular complexity index is 659. The van der Waals surface area contributed by atoms with E-state index in [4.69, 9.17) is 4.74 Å². The second-order valence-corrected chi connectivity index (χ2v) is 7.58. The number of amides is 2. The number of para-hydroxylation sites is 1. The molecule has 2 saturated heterocycles. The zero-order valence-corrected chi connectivity index (χ0v) is 14.3. The second kappa shape index (κ2) is 6.33. The Balaban J connectivity index is 1.40. The molecule has 2 atom stereocenters. The first-order chi connectivity index (χ1) is 12.1. The molecule has 2 amide bonds. The highest BCUT2D eigenvalue weighted by atomic mass is 16.5. The number of piperazine rings is 1. The van der Waals surface area contributed by atoms with Crippen molar-refractivity contribution in [3.63, 3.8) is 0 Å². The molecule has 2 aliphatic heterocycles. The normalized spacial score (nSPS) is 27.9. The van der Waals surface area contributed by atoms with E-state index in [1.165, 1.54) is 0 Å². The largest absolute Gasteiger partial charge is 0.493 e. The minimum absolute atomic E-state index is 0.00345. The van der Waals surface area contributed by atoms with Crippen LogP contribution in [-0.2, 0) is 9.59 Å². The summed E-state index contributed by atoms with van der Waals surface area (Å²) in [6.45, 7) is 1.75. The smallest absolute Gasteiger partial charge is 0.245 e. The van der Waals surface area contributed by atoms with Crippen LogP contribution in [0.25, 0.3) is 0 Å². The number of hydrogen-bond acceptors (Lipinski definition) is 4. The van der Waals surface area contributed by atoms with E-state index in [1.54, 1.807) is 9.80 Å². The summed E-state index contributed by atoms with van der Waals surface area (Å²) in [4.78, 5) is 28.5. The van der Waals surface area contributed by atoms with Gasteiger partial charge in [-0.25, -0.2) is 0 Å². The molecule has 2 heterocycles. The van der Waals surface area contributed by atoms with Gasteiger partial charge in [-0.3, -0.25) is 9.59 Å². The number of aliphatic hydroxyl groups is 1. The Morgan fingerprint density at radius 1 is 1.20 bits per heavy atom. The van der Waals surface area contributed by atoms with Gasteiger partial charge in [-0.2, -0.15) is 0 Å². The van der Waals surface area contributed by atoms with Gasteiger partial charge < -0.3 is 19.6 Å². The van der Waals surface area contributed by atoms with Gasteiger partial charge in [0.1, 0.15) is 11.8 Å². The molecule has 6 heteroatoms. The van der Waals surface area contributed by atoms with Crippen LogP contribution in [0, 0.1) is 5.41 Å². The number of carbonyl (C=O) groups is 2. The molecule has 6 nitrogen and oxygen atoms in total. The van der Waals surface area contributed by atoms with Crippen LogP contribution in [0.3, 0.4) is 0 Å². The lowest BCUT2D eigenvalue weighted by Gasteiger charge is -2.44. The number of rotatable bonds is 5. The van der Waals surface area contributed by atoms with E-state index in [2.05, 4.69) is 0 Å². The molecule has 1 saturated carbocycles. The van der Waals surface area contributed by atoms with E-state index in [0.717, 1.165) is 18.6 Å². The van der Waals surface area contributed by atoms with E-state index in [-0.39, 0.29) is 23.8 Å². The number of benzene rings is 1. The third-order valence-corrected chi connectivity index (χ3v) is 5.59. The maximum atomic E-state index is 12.8. The molecule has 0 radical (unpaired) electrons. The molecule has 1 N–H and O–H groups in total. The van der Waals surface area contributed by atoms with Crippen molar-refractivity contribution in [1.29, 1.82) is 0 Å². The Morgan fingerprint density at radius 2 is 1.96 bits per heavy atom. The molecule has 4 rings (SSSR count). The Morgan fingerprint density at radius 3 is 2.68 bits per heavy atom. The van der Waals surface area contributed by atoms with Crippen LogP contribution in [0.2, 0.25) is 0 Å². The maximum absolute atomic E-state index is 12.8. The summed E-state index contributed by atoms with van der Waals surface area (Å²) in [5.41, 5.74) is -0.0404. The predicted molar refractivity (Wildman–Crippen MR) is 90.9 cm³/mol. The average molecular weight is 344 g/mol. The first kappa shape index (κ1) is 16.4. The van der Waals surface area contributed by atoms with Gasteiger partial charge in [0.2, 0.25) is 11.8 Å². The molecule has 1 aromatic rings. The fourth-order valence-corrected chi connectivity index (χ4v) is 3.84. The molecular weight excluding hydrogens is 320 g/mol. The number of carbonyl (C=O) groups excluding carboxylic acids is 2. The second-order valence-electron chi connectivity index (χ2n) is 7.58. The SMILES string of the molecule is O=C1[C@@H]2C[C@H](O)CCN2C(=O)CN1CC1(COc2ccccc2)CC1. The molecule has 1 aliphatic carbocycles. The predicted octanol–water partition coefficient (Wildman–Crippen LogP) is 1.04. The number of nitrogens with zero attached hydrogens (tertiary/aromatic N) is 2. The summed E-state index contributed by atoms with van der Waals surface area (Å²) >= 11 is 0. The van der Waals surface area contributed by atoms with Crippen molar-refractivity contribution in [3.8, 4) is 5.75 Å². The lowest BCUT2D eigenvalue weighted by molar-refractivity contribution is -0.161. The molecular formula is C19H24N2O4. The minimum atomic E-state index is -0.491. The molecule has 25 heavy (non-hydrogen) atoms. The van der Waals surface area contributed by atoms with Crippen molar-refractivity contribution in [1.82, 2.24) is 9.80 Å². The molecule has 0 unspecified atom stereocenters. The Kier molecular flexibility index (Phi) is 4.15. The first-order valence-electron chi connectivity index (χ1n) is 9.01. The zero-order chi connectivity index (χ0) is 17.4. The topological polar surface area (TPSA) is 70.1 Å². The third-order valence-electron chi connectivity index (χ3n) is 5.59. The van der Waals surface area contributed by atoms with E-state index in [0.29, 0.717) is 32.5 Å². The molecule has 0 spiro atoms. The fraction of sp³-hybridized carbons (Fsp3) is 0.579. The molecule has 3 fully saturated rings. The Labute approximate surface area is 147 Å². The van der Waals surface area contributed by atoms with Crippen molar-refractivity contribution in [2.24, 2.45) is 5.41 Å². The van der Waals surface area contributed by atoms with Crippen LogP contribution in [0.15, 0.2) is 30.3 Å². The lowest BCUT2D eigenvalue weighted by atomic mass is 9.95. The summed E-state index contributed by atoms with van der Waals surface area (Å²) in [6.07, 6.45) is 2.44. The van der Waals surface area contributed by atoms with Crippen LogP contribution in [-0.4, -0.2) is 65.1 Å². The van der Waals surface area contributed by atoms with Gasteiger partial charge in [-0.15, -0.1) is 0 Å². The average Bonchev–Trinajstić information content (AvgIpc) is 3.38. The first-order valence-corrected chi connectivity index (χ1v) is 9.01. The van der Waals surface area contributed by atoms with Crippen molar-refractivity contribution in [2.75, 3.05) is 26.2 Å². The van der Waals surface area contributed by atoms with E-state index >= 15 is 0 Å². The van der Waals surface area contributed by atoms with Crippen molar-refractivity contribution in [3.05, 3.63) is 30.3 Å². The van der Waals surface area contributed by atoms with Gasteiger partial charge in [-0.05, 0) is 31.4 Å². The molecule has 3 aliphatic rings. The van der Waals surface area contributed by atoms with Gasteiger partial charge in [0.05, 0.1) is 19.3 Å². The minimum Gasteiger partial charge on any atom is -0.493 e. The van der Waals surface area contributed by atoms with Crippen LogP contribution in [0.5, 0.6) is 5.75 Å². The van der Waals surface area contributed by atoms with Crippen LogP contribution in [0.4, 0.5) is 0 Å². The molecule has 1 aromatic carbocycles. The van der Waals surface area contributed by atoms with Gasteiger partial charge in [0.15, 0.2) is 0 Å². The number of piperidine rings is 1. The van der Waals surface area contributed by atoms with Gasteiger partial charge >= 0.3 is 0 Å². The summed E-state index contributed by atoms with van der Waals surface area (Å²) in [7, 11) is 0. The van der Waals surface area contributed by atoms with E-state index in [9.17, 15) is 14.7 Å². The van der Waals surface area contributed by atoms with Crippen LogP contribution in [0.1, 0.15) is 25.7 Å². The third kappa shape index (κ3) is 3.35. The summed E-state index contributed by atoms with van der Waals surface area (Å²) in [5.74, 6) is 0.803. The monoisotopic (exact) mass is 344 g/mol. The van der Waals surface area contributed by atoms with Crippen molar-refractivity contribution in [2.45, 2.75) is 37.8 Å². The van der Waals surface area contributed by atoms with Crippen molar-refractivity contribution >= 4 is 11.8 Å². The van der Waals surface area contributed by atoms with Gasteiger partial charge in [0, 0.05) is 24.9 Å². The summed E-state index contributed by atoms with van der Waals surface area (Å²) in [5, 5.41) is 9.86. The molecule has 0 bridgehead atoms. The summed E-state index contributed by atoms with van der Waals surface area (Å²) < 4.78 is 5.89.